The molecule has 0 aromatic heterocycles. The molecule has 0 saturated heterocycles. The molecule has 0 spiro atoms. The summed E-state index contributed by atoms with van der Waals surface area (Å²) in [5.74, 6) is 1.50. The first-order valence-electron chi connectivity index (χ1n) is 41.4. The second-order valence-corrected chi connectivity index (χ2v) is 28.2. The van der Waals surface area contributed by atoms with Crippen molar-refractivity contribution in [3.05, 3.63) is 215 Å². The van der Waals surface area contributed by atoms with E-state index in [-0.39, 0.29) is 63.8 Å². The lowest BCUT2D eigenvalue weighted by atomic mass is 9.85. The second-order valence-electron chi connectivity index (χ2n) is 28.2. The number of hydrogen-bond acceptors (Lipinski definition) is 12. The van der Waals surface area contributed by atoms with Crippen LogP contribution in [0.3, 0.4) is 0 Å². The molecule has 0 N–H and O–H groups in total. The maximum absolute atomic E-state index is 12.1. The van der Waals surface area contributed by atoms with Crippen molar-refractivity contribution >= 4 is 97.3 Å². The Kier molecular flexibility index (Phi) is 69.2. The maximum Gasteiger partial charge on any atom is 0.338 e. The Bertz CT molecular complexity index is 3240. The summed E-state index contributed by atoms with van der Waals surface area (Å²) in [5.41, 5.74) is 2.11. The van der Waals surface area contributed by atoms with Crippen molar-refractivity contribution in [3.8, 4) is 0 Å². The number of hydrogen-bond donors (Lipinski definition) is 0. The van der Waals surface area contributed by atoms with Gasteiger partial charge in [0.05, 0.1) is 69.3 Å². The fourth-order valence-electron chi connectivity index (χ4n) is 13.3. The van der Waals surface area contributed by atoms with Gasteiger partial charge in [-0.1, -0.05) is 162 Å². The quantitative estimate of drug-likeness (QED) is 0.0495. The van der Waals surface area contributed by atoms with Crippen LogP contribution in [0.2, 0.25) is 39.3 Å². The Morgan fingerprint density at radius 1 is 0.325 bits per heavy atom. The molecule has 0 heterocycles. The van der Waals surface area contributed by atoms with Crippen molar-refractivity contribution in [3.63, 3.8) is 0 Å². The first-order chi connectivity index (χ1) is 54.8. The van der Waals surface area contributed by atoms with Gasteiger partial charge in [-0.15, -0.1) is 0 Å². The van der Waals surface area contributed by atoms with Gasteiger partial charge >= 0.3 is 35.8 Å². The molecule has 646 valence electrons. The Balaban J connectivity index is -0.000000397. The van der Waals surface area contributed by atoms with Crippen molar-refractivity contribution in [1.29, 1.82) is 0 Å². The molecule has 6 aromatic rings. The van der Waals surface area contributed by atoms with Crippen LogP contribution >= 0.6 is 0 Å². The fraction of sp³-hybridized carbons (Fsp3) is 0.538. The molecular formula is C91H151F5O12Si6. The molecule has 0 aliphatic heterocycles. The zero-order valence-corrected chi connectivity index (χ0v) is 87.1. The van der Waals surface area contributed by atoms with Gasteiger partial charge in [0, 0.05) is 0 Å². The van der Waals surface area contributed by atoms with Crippen molar-refractivity contribution in [2.75, 3.05) is 35.9 Å². The van der Waals surface area contributed by atoms with Crippen LogP contribution in [-0.2, 0) is 28.4 Å². The van der Waals surface area contributed by atoms with Crippen molar-refractivity contribution in [1.82, 2.24) is 0 Å². The minimum Gasteiger partial charge on any atom is -0.456 e. The van der Waals surface area contributed by atoms with Gasteiger partial charge in [0.15, 0.2) is 0 Å². The highest BCUT2D eigenvalue weighted by atomic mass is 28.2. The normalized spacial score (nSPS) is 18.9. The molecule has 6 unspecified atom stereocenters. The first kappa shape index (κ1) is 116. The molecule has 23 heteroatoms. The van der Waals surface area contributed by atoms with E-state index in [0.717, 1.165) is 56.8 Å². The summed E-state index contributed by atoms with van der Waals surface area (Å²) in [5, 5.41) is 0. The highest BCUT2D eigenvalue weighted by Crippen LogP contribution is 2.53. The Labute approximate surface area is 704 Å². The lowest BCUT2D eigenvalue weighted by molar-refractivity contribution is -0.0379. The van der Waals surface area contributed by atoms with Gasteiger partial charge in [0.2, 0.25) is 0 Å². The van der Waals surface area contributed by atoms with Crippen molar-refractivity contribution in [2.45, 2.75) is 258 Å². The van der Waals surface area contributed by atoms with E-state index in [0.29, 0.717) is 81.1 Å². The van der Waals surface area contributed by atoms with Crippen LogP contribution in [0.5, 0.6) is 0 Å². The second kappa shape index (κ2) is 68.2. The molecular weight excluding hydrogens is 1550 g/mol. The van der Waals surface area contributed by atoms with Gasteiger partial charge in [-0.05, 0) is 329 Å². The highest BCUT2D eigenvalue weighted by molar-refractivity contribution is 6.06. The summed E-state index contributed by atoms with van der Waals surface area (Å²) in [6.07, 6.45) is 20.4. The Hall–Kier alpha value is -6.91. The number of carbonyl (C=O) groups is 6. The fourth-order valence-corrected chi connectivity index (χ4v) is 13.3. The lowest BCUT2D eigenvalue weighted by Gasteiger charge is -2.33. The summed E-state index contributed by atoms with van der Waals surface area (Å²) in [7, 11) is 10.3. The molecule has 0 radical (unpaired) electrons. The maximum atomic E-state index is 12.1. The SMILES string of the molecule is CC(C)(C)OC(=O)c1ccccc1.CC1(OC(=O)c2ccccc2)CC2CCC1C2.CC1(OC(=O)c2ccccc2)CC2CCC1C2.CC1(OC(=O)c2ccccc2)CCCC1.CC1(OC(=O)c2ccccc2)CCCCC1.CCC(C)(C)OC(=O)c1ccccc1.CF.CF.CF.CF.CF.C[SiH3].C[SiH3].C[SiH3].C[SiH3].C[SiH3].C[SiH3]. The van der Waals surface area contributed by atoms with Crippen LogP contribution in [0.1, 0.15) is 247 Å². The third kappa shape index (κ3) is 46.1. The number of benzene rings is 6. The van der Waals surface area contributed by atoms with Gasteiger partial charge in [0.1, 0.15) is 33.6 Å². The minimum atomic E-state index is -0.424. The van der Waals surface area contributed by atoms with Gasteiger partial charge in [-0.2, -0.15) is 0 Å². The van der Waals surface area contributed by atoms with Gasteiger partial charge < -0.3 is 28.4 Å². The average Bonchev–Trinajstić information content (AvgIpc) is 1.63. The molecule has 0 amide bonds. The van der Waals surface area contributed by atoms with Crippen LogP contribution in [0.4, 0.5) is 22.0 Å². The van der Waals surface area contributed by atoms with Gasteiger partial charge in [-0.3, -0.25) is 22.0 Å². The molecule has 12 nitrogen and oxygen atoms in total. The van der Waals surface area contributed by atoms with E-state index in [1.807, 2.05) is 189 Å². The molecule has 6 aliphatic carbocycles. The Morgan fingerprint density at radius 2 is 0.535 bits per heavy atom. The summed E-state index contributed by atoms with van der Waals surface area (Å²) >= 11 is 0. The molecule has 6 atom stereocenters. The number of halogens is 5. The van der Waals surface area contributed by atoms with E-state index in [1.165, 1.54) is 132 Å². The number of rotatable bonds is 12. The predicted molar refractivity (Wildman–Crippen MR) is 491 cm³/mol. The third-order valence-corrected chi connectivity index (χ3v) is 18.8. The van der Waals surface area contributed by atoms with E-state index in [2.05, 4.69) is 53.1 Å². The van der Waals surface area contributed by atoms with E-state index < -0.39 is 5.60 Å². The van der Waals surface area contributed by atoms with E-state index in [1.54, 1.807) is 48.5 Å². The number of carbonyl (C=O) groups excluding carboxylic acids is 6. The van der Waals surface area contributed by atoms with E-state index in [4.69, 9.17) is 28.4 Å². The number of alkyl halides is 5. The largest absolute Gasteiger partial charge is 0.456 e. The third-order valence-electron chi connectivity index (χ3n) is 18.8. The van der Waals surface area contributed by atoms with Crippen molar-refractivity contribution < 1.29 is 79.1 Å². The van der Waals surface area contributed by atoms with Crippen molar-refractivity contribution in [2.24, 2.45) is 23.7 Å². The van der Waals surface area contributed by atoms with Crippen LogP contribution in [-0.4, -0.2) is 167 Å². The highest BCUT2D eigenvalue weighted by Gasteiger charge is 2.52. The molecule has 6 aromatic carbocycles. The Morgan fingerprint density at radius 3 is 0.737 bits per heavy atom. The summed E-state index contributed by atoms with van der Waals surface area (Å²) in [4.78, 5) is 70.8. The average molecular weight is 1700 g/mol. The zero-order chi connectivity index (χ0) is 88.4. The van der Waals surface area contributed by atoms with E-state index in [9.17, 15) is 50.7 Å². The summed E-state index contributed by atoms with van der Waals surface area (Å²) in [6.45, 7) is 32.5. The molecule has 6 saturated carbocycles. The summed E-state index contributed by atoms with van der Waals surface area (Å²) in [6, 6.07) is 55.1. The molecule has 4 bridgehead atoms. The molecule has 12 rings (SSSR count). The zero-order valence-electron chi connectivity index (χ0n) is 75.1. The molecule has 6 fully saturated rings. The van der Waals surface area contributed by atoms with Crippen LogP contribution in [0.25, 0.3) is 0 Å². The van der Waals surface area contributed by atoms with Crippen LogP contribution < -0.4 is 0 Å². The minimum absolute atomic E-state index is 0.166. The topological polar surface area (TPSA) is 158 Å². The van der Waals surface area contributed by atoms with E-state index >= 15 is 0 Å². The standard InChI is InChI=1S/2C15H18O2.C14H18O2.C13H16O2.C12H16O2.C11H14O2.5CH3F.6CH6Si/c2*1-15(10-11-7-8-13(15)9-11)17-14(16)12-5-3-2-4-6-12;1-14(10-6-3-7-11-14)16-13(15)12-8-4-2-5-9-12;1-13(9-5-6-10-13)15-12(14)11-7-3-2-4-8-11;1-4-12(2,3)14-11(13)10-8-6-5-7-9-10;1-11(2,3)13-10(12)9-7-5-4-6-8-9;11*1-2/h2*2-6,11,13H,7-10H2,1H3;2,4-5,8-9H,3,6-7,10-11H2,1H3;2-4,7-8H,5-6,9-10H2,1H3;5-9H,4H2,1-3H3;4-8H,1-3H3;5*1H3;6*1-2H3. The number of esters is 6. The monoisotopic (exact) mass is 1700 g/mol. The number of fused-ring (bicyclic) bond motifs is 4. The predicted octanol–water partition coefficient (Wildman–Crippen LogP) is 18.6. The smallest absolute Gasteiger partial charge is 0.338 e. The molecule has 6 aliphatic rings. The number of ether oxygens (including phenoxy) is 6. The summed E-state index contributed by atoms with van der Waals surface area (Å²) < 4.78 is 80.8. The van der Waals surface area contributed by atoms with Gasteiger partial charge in [-0.25, -0.2) is 28.8 Å². The van der Waals surface area contributed by atoms with Crippen LogP contribution in [0.15, 0.2) is 182 Å². The van der Waals surface area contributed by atoms with Crippen LogP contribution in [0, 0.1) is 23.7 Å². The molecule has 114 heavy (non-hydrogen) atoms. The first-order valence-corrected chi connectivity index (χ1v) is 53.4. The lowest BCUT2D eigenvalue weighted by Crippen LogP contribution is -2.37. The van der Waals surface area contributed by atoms with Gasteiger partial charge in [0.25, 0.3) is 0 Å².